The quantitative estimate of drug-likeness (QED) is 0.714. The number of hydrogen-bond acceptors (Lipinski definition) is 4. The molecule has 170 valence electrons. The van der Waals surface area contributed by atoms with Gasteiger partial charge in [-0.3, -0.25) is 19.3 Å². The van der Waals surface area contributed by atoms with Gasteiger partial charge in [-0.15, -0.1) is 0 Å². The van der Waals surface area contributed by atoms with Crippen molar-refractivity contribution in [2.75, 3.05) is 16.8 Å². The van der Waals surface area contributed by atoms with E-state index in [0.717, 1.165) is 12.0 Å². The zero-order valence-corrected chi connectivity index (χ0v) is 19.5. The summed E-state index contributed by atoms with van der Waals surface area (Å²) in [6, 6.07) is 12.4. The van der Waals surface area contributed by atoms with Crippen molar-refractivity contribution in [3.8, 4) is 5.75 Å². The van der Waals surface area contributed by atoms with E-state index < -0.39 is 5.60 Å². The van der Waals surface area contributed by atoms with Crippen LogP contribution in [-0.4, -0.2) is 35.4 Å². The zero-order valence-electron chi connectivity index (χ0n) is 19.5. The first-order chi connectivity index (χ1) is 14.9. The fourth-order valence-electron chi connectivity index (χ4n) is 3.31. The highest BCUT2D eigenvalue weighted by molar-refractivity contribution is 6.08. The molecule has 0 fully saturated rings. The summed E-state index contributed by atoms with van der Waals surface area (Å²) in [7, 11) is 0. The second kappa shape index (κ2) is 8.65. The van der Waals surface area contributed by atoms with Crippen LogP contribution in [0.25, 0.3) is 0 Å². The van der Waals surface area contributed by atoms with Crippen molar-refractivity contribution in [3.05, 3.63) is 53.6 Å². The van der Waals surface area contributed by atoms with Gasteiger partial charge >= 0.3 is 0 Å². The van der Waals surface area contributed by atoms with E-state index in [1.807, 2.05) is 52.0 Å². The Hall–Kier alpha value is -3.35. The van der Waals surface area contributed by atoms with E-state index >= 15 is 0 Å². The molecule has 0 atom stereocenters. The van der Waals surface area contributed by atoms with Crippen LogP contribution < -0.4 is 20.3 Å². The molecule has 1 aliphatic heterocycles. The molecular weight excluding hydrogens is 406 g/mol. The smallest absolute Gasteiger partial charge is 0.271 e. The van der Waals surface area contributed by atoms with Crippen LogP contribution in [0.2, 0.25) is 0 Å². The lowest BCUT2D eigenvalue weighted by Gasteiger charge is -2.38. The third-order valence-corrected chi connectivity index (χ3v) is 5.61. The number of ether oxygens (including phenoxy) is 1. The third kappa shape index (κ3) is 5.10. The number of rotatable bonds is 6. The second-order valence-electron chi connectivity index (χ2n) is 9.29. The summed E-state index contributed by atoms with van der Waals surface area (Å²) < 4.78 is 5.88. The lowest BCUT2D eigenvalue weighted by molar-refractivity contribution is -0.133. The largest absolute Gasteiger partial charge is 0.476 e. The van der Waals surface area contributed by atoms with Crippen LogP contribution >= 0.6 is 0 Å². The first kappa shape index (κ1) is 23.3. The molecule has 0 saturated carbocycles. The predicted molar refractivity (Wildman–Crippen MR) is 125 cm³/mol. The number of amides is 3. The topological polar surface area (TPSA) is 87.7 Å². The van der Waals surface area contributed by atoms with Crippen LogP contribution in [0.15, 0.2) is 42.5 Å². The number of nitrogens with one attached hydrogen (secondary N) is 2. The van der Waals surface area contributed by atoms with Crippen molar-refractivity contribution in [1.82, 2.24) is 5.32 Å². The van der Waals surface area contributed by atoms with Gasteiger partial charge in [-0.2, -0.15) is 0 Å². The highest BCUT2D eigenvalue weighted by Gasteiger charge is 2.42. The average Bonchev–Trinajstić information content (AvgIpc) is 2.72. The summed E-state index contributed by atoms with van der Waals surface area (Å²) in [5.74, 6) is -0.492. The SMILES string of the molecule is CCC(C)(C)NC(=O)c1ccc2c(c1)N(CC(=O)Nc1ccc(C)cc1)C(=O)C(C)(C)O2. The summed E-state index contributed by atoms with van der Waals surface area (Å²) >= 11 is 0. The number of nitrogens with zero attached hydrogens (tertiary/aromatic N) is 1. The molecular formula is C25H31N3O4. The molecule has 0 saturated heterocycles. The van der Waals surface area contributed by atoms with Crippen molar-refractivity contribution in [3.63, 3.8) is 0 Å². The van der Waals surface area contributed by atoms with Gasteiger partial charge in [0.05, 0.1) is 5.69 Å². The van der Waals surface area contributed by atoms with Crippen molar-refractivity contribution >= 4 is 29.1 Å². The minimum Gasteiger partial charge on any atom is -0.476 e. The molecule has 0 radical (unpaired) electrons. The van der Waals surface area contributed by atoms with E-state index in [2.05, 4.69) is 10.6 Å². The van der Waals surface area contributed by atoms with Crippen LogP contribution in [0.1, 0.15) is 57.0 Å². The maximum Gasteiger partial charge on any atom is 0.271 e. The Morgan fingerprint density at radius 1 is 1.09 bits per heavy atom. The zero-order chi connectivity index (χ0) is 23.7. The van der Waals surface area contributed by atoms with Crippen LogP contribution in [0.3, 0.4) is 0 Å². The van der Waals surface area contributed by atoms with Crippen molar-refractivity contribution < 1.29 is 19.1 Å². The summed E-state index contributed by atoms with van der Waals surface area (Å²) in [6.07, 6.45) is 0.769. The fraction of sp³-hybridized carbons (Fsp3) is 0.400. The molecule has 2 aromatic rings. The van der Waals surface area contributed by atoms with Crippen molar-refractivity contribution in [2.45, 2.75) is 59.1 Å². The fourth-order valence-corrected chi connectivity index (χ4v) is 3.31. The third-order valence-electron chi connectivity index (χ3n) is 5.61. The highest BCUT2D eigenvalue weighted by Crippen LogP contribution is 2.38. The lowest BCUT2D eigenvalue weighted by Crippen LogP contribution is -2.54. The van der Waals surface area contributed by atoms with E-state index in [0.29, 0.717) is 22.7 Å². The molecule has 2 aromatic carbocycles. The lowest BCUT2D eigenvalue weighted by atomic mass is 10.00. The van der Waals surface area contributed by atoms with E-state index in [9.17, 15) is 14.4 Å². The second-order valence-corrected chi connectivity index (χ2v) is 9.29. The molecule has 3 amide bonds. The predicted octanol–water partition coefficient (Wildman–Crippen LogP) is 4.06. The van der Waals surface area contributed by atoms with Gasteiger partial charge in [0, 0.05) is 16.8 Å². The molecule has 32 heavy (non-hydrogen) atoms. The Morgan fingerprint density at radius 2 is 1.75 bits per heavy atom. The normalized spacial score (nSPS) is 14.9. The molecule has 0 aliphatic carbocycles. The van der Waals surface area contributed by atoms with Gasteiger partial charge in [-0.25, -0.2) is 0 Å². The van der Waals surface area contributed by atoms with Crippen LogP contribution in [0.4, 0.5) is 11.4 Å². The van der Waals surface area contributed by atoms with Gasteiger partial charge in [0.1, 0.15) is 12.3 Å². The average molecular weight is 438 g/mol. The number of aryl methyl sites for hydroxylation is 1. The number of anilines is 2. The van der Waals surface area contributed by atoms with Crippen molar-refractivity contribution in [2.24, 2.45) is 0 Å². The number of benzene rings is 2. The Morgan fingerprint density at radius 3 is 2.38 bits per heavy atom. The first-order valence-corrected chi connectivity index (χ1v) is 10.8. The Bertz CT molecular complexity index is 1040. The standard InChI is InChI=1S/C25H31N3O4/c1-7-24(3,4)27-22(30)17-10-13-20-19(14-17)28(23(31)25(5,6)32-20)15-21(29)26-18-11-8-16(2)9-12-18/h8-14H,7,15H2,1-6H3,(H,26,29)(H,27,30). The Labute approximate surface area is 189 Å². The van der Waals surface area contributed by atoms with Gasteiger partial charge in [-0.1, -0.05) is 24.6 Å². The number of fused-ring (bicyclic) bond motifs is 1. The van der Waals surface area contributed by atoms with E-state index in [4.69, 9.17) is 4.74 Å². The van der Waals surface area contributed by atoms with Gasteiger partial charge < -0.3 is 15.4 Å². The van der Waals surface area contributed by atoms with Gasteiger partial charge in [-0.05, 0) is 71.4 Å². The summed E-state index contributed by atoms with van der Waals surface area (Å²) in [5, 5.41) is 5.81. The minimum atomic E-state index is -1.13. The van der Waals surface area contributed by atoms with E-state index in [-0.39, 0.29) is 29.8 Å². The molecule has 1 heterocycles. The monoisotopic (exact) mass is 437 g/mol. The molecule has 0 unspecified atom stereocenters. The minimum absolute atomic E-state index is 0.196. The molecule has 7 nitrogen and oxygen atoms in total. The van der Waals surface area contributed by atoms with E-state index in [1.165, 1.54) is 4.90 Å². The van der Waals surface area contributed by atoms with Gasteiger partial charge in [0.2, 0.25) is 5.91 Å². The number of carbonyl (C=O) groups excluding carboxylic acids is 3. The van der Waals surface area contributed by atoms with Gasteiger partial charge in [0.25, 0.3) is 11.8 Å². The molecule has 3 rings (SSSR count). The number of carbonyl (C=O) groups is 3. The molecule has 2 N–H and O–H groups in total. The van der Waals surface area contributed by atoms with Crippen LogP contribution in [-0.2, 0) is 9.59 Å². The Balaban J connectivity index is 1.88. The molecule has 0 spiro atoms. The van der Waals surface area contributed by atoms with E-state index in [1.54, 1.807) is 32.0 Å². The van der Waals surface area contributed by atoms with Crippen LogP contribution in [0.5, 0.6) is 5.75 Å². The van der Waals surface area contributed by atoms with Gasteiger partial charge in [0.15, 0.2) is 5.60 Å². The summed E-state index contributed by atoms with van der Waals surface area (Å²) in [5.41, 5.74) is 1.02. The highest BCUT2D eigenvalue weighted by atomic mass is 16.5. The summed E-state index contributed by atoms with van der Waals surface area (Å²) in [4.78, 5) is 40.0. The maximum atomic E-state index is 13.1. The van der Waals surface area contributed by atoms with Crippen LogP contribution in [0, 0.1) is 6.92 Å². The number of hydrogen-bond donors (Lipinski definition) is 2. The summed E-state index contributed by atoms with van der Waals surface area (Å²) in [6.45, 7) is 11.0. The molecule has 1 aliphatic rings. The molecule has 0 aromatic heterocycles. The maximum absolute atomic E-state index is 13.1. The first-order valence-electron chi connectivity index (χ1n) is 10.8. The van der Waals surface area contributed by atoms with Crippen molar-refractivity contribution in [1.29, 1.82) is 0 Å². The molecule has 7 heteroatoms. The molecule has 0 bridgehead atoms. The Kier molecular flexibility index (Phi) is 6.30.